The molecule has 5 rings (SSSR count). The van der Waals surface area contributed by atoms with Crippen LogP contribution in [0.4, 0.5) is 0 Å². The molecular formula is C38H53N3O7. The standard InChI is InChI=1S/C38H53N3O7/c1-6-8-19-30(43)39-25(5)33(26-15-11-9-12-16-26)47-37(46)31-29-20-21-38(48-29)32(31)35(44)41(28(23-42)24(3)4)34(38)36(45)40(22-7-2)27-17-13-10-14-18-27/h6-7,9,11-12,15-16,24-25,27-29,31-34,42H,1-2,8,10,13-14,17-23H2,3-5H3,(H,39,43)/t25-,28+,29+,31-,32-,33-,34+,38-/m1/s1. The van der Waals surface area contributed by atoms with Crippen LogP contribution in [0.1, 0.15) is 90.2 Å². The zero-order chi connectivity index (χ0) is 34.6. The average molecular weight is 664 g/mol. The molecule has 0 aromatic heterocycles. The first kappa shape index (κ1) is 35.8. The van der Waals surface area contributed by atoms with E-state index in [-0.39, 0.29) is 42.7 Å². The molecule has 1 aromatic rings. The van der Waals surface area contributed by atoms with E-state index in [9.17, 15) is 24.3 Å². The van der Waals surface area contributed by atoms with Gasteiger partial charge in [0.2, 0.25) is 17.7 Å². The van der Waals surface area contributed by atoms with Crippen LogP contribution in [0.15, 0.2) is 55.6 Å². The number of likely N-dealkylation sites (tertiary alicyclic amines) is 1. The first-order chi connectivity index (χ1) is 23.1. The summed E-state index contributed by atoms with van der Waals surface area (Å²) in [5.74, 6) is -3.35. The van der Waals surface area contributed by atoms with Crippen molar-refractivity contribution in [1.82, 2.24) is 15.1 Å². The summed E-state index contributed by atoms with van der Waals surface area (Å²) in [4.78, 5) is 59.9. The molecule has 10 nitrogen and oxygen atoms in total. The van der Waals surface area contributed by atoms with E-state index in [4.69, 9.17) is 9.47 Å². The van der Waals surface area contributed by atoms with Crippen molar-refractivity contribution in [2.75, 3.05) is 13.2 Å². The maximum absolute atomic E-state index is 14.8. The van der Waals surface area contributed by atoms with Crippen LogP contribution in [0, 0.1) is 17.8 Å². The van der Waals surface area contributed by atoms with Crippen molar-refractivity contribution < 1.29 is 33.8 Å². The quantitative estimate of drug-likeness (QED) is 0.209. The second-order valence-corrected chi connectivity index (χ2v) is 14.3. The molecule has 3 heterocycles. The number of hydrogen-bond donors (Lipinski definition) is 2. The lowest BCUT2D eigenvalue weighted by Gasteiger charge is -2.43. The van der Waals surface area contributed by atoms with Gasteiger partial charge in [0.05, 0.1) is 36.6 Å². The maximum Gasteiger partial charge on any atom is 0.313 e. The van der Waals surface area contributed by atoms with E-state index in [1.165, 1.54) is 0 Å². The summed E-state index contributed by atoms with van der Waals surface area (Å²) >= 11 is 0. The monoisotopic (exact) mass is 663 g/mol. The normalized spacial score (nSPS) is 28.4. The lowest BCUT2D eigenvalue weighted by Crippen LogP contribution is -2.61. The molecule has 4 fully saturated rings. The minimum Gasteiger partial charge on any atom is -0.455 e. The smallest absolute Gasteiger partial charge is 0.313 e. The second kappa shape index (κ2) is 15.4. The molecule has 4 aliphatic rings. The summed E-state index contributed by atoms with van der Waals surface area (Å²) in [6.07, 6.45) is 8.67. The van der Waals surface area contributed by atoms with E-state index < -0.39 is 53.7 Å². The number of ether oxygens (including phenoxy) is 2. The molecule has 0 radical (unpaired) electrons. The average Bonchev–Trinajstić information content (AvgIpc) is 3.73. The highest BCUT2D eigenvalue weighted by molar-refractivity contribution is 5.98. The largest absolute Gasteiger partial charge is 0.455 e. The van der Waals surface area contributed by atoms with E-state index in [1.54, 1.807) is 24.0 Å². The van der Waals surface area contributed by atoms with Gasteiger partial charge < -0.3 is 29.7 Å². The molecule has 3 amide bonds. The third-order valence-corrected chi connectivity index (χ3v) is 11.0. The zero-order valence-electron chi connectivity index (χ0n) is 28.7. The number of benzene rings is 1. The third kappa shape index (κ3) is 6.70. The number of fused-ring (bicyclic) bond motifs is 1. The molecule has 0 unspecified atom stereocenters. The number of carbonyl (C=O) groups is 4. The predicted molar refractivity (Wildman–Crippen MR) is 181 cm³/mol. The minimum absolute atomic E-state index is 0.0254. The summed E-state index contributed by atoms with van der Waals surface area (Å²) in [5, 5.41) is 13.6. The van der Waals surface area contributed by atoms with Crippen molar-refractivity contribution in [3.8, 4) is 0 Å². The van der Waals surface area contributed by atoms with Gasteiger partial charge in [-0.25, -0.2) is 0 Å². The minimum atomic E-state index is -1.22. The first-order valence-electron chi connectivity index (χ1n) is 17.8. The molecule has 1 saturated carbocycles. The molecule has 8 atom stereocenters. The van der Waals surface area contributed by atoms with E-state index in [2.05, 4.69) is 18.5 Å². The fourth-order valence-electron chi connectivity index (χ4n) is 8.66. The van der Waals surface area contributed by atoms with Crippen LogP contribution in [-0.2, 0) is 28.7 Å². The maximum atomic E-state index is 14.8. The SMILES string of the molecule is C=CCCC(=O)N[C@H](C)[C@@H](OC(=O)[C@@H]1[C@@H]2CC[C@]3(O2)[C@H](C(=O)N(CC=C)C2CCCCC2)N([C@@H](CO)C(C)C)C(=O)[C@@H]13)c1ccccc1. The van der Waals surface area contributed by atoms with Crippen LogP contribution < -0.4 is 5.32 Å². The number of nitrogens with zero attached hydrogens (tertiary/aromatic N) is 2. The molecule has 3 aliphatic heterocycles. The van der Waals surface area contributed by atoms with E-state index in [0.29, 0.717) is 31.4 Å². The Kier molecular flexibility index (Phi) is 11.5. The molecule has 1 aliphatic carbocycles. The van der Waals surface area contributed by atoms with Gasteiger partial charge >= 0.3 is 5.97 Å². The van der Waals surface area contributed by atoms with Crippen molar-refractivity contribution >= 4 is 23.7 Å². The Morgan fingerprint density at radius 3 is 2.44 bits per heavy atom. The molecule has 10 heteroatoms. The van der Waals surface area contributed by atoms with Gasteiger partial charge in [-0.3, -0.25) is 19.2 Å². The number of allylic oxidation sites excluding steroid dienone is 1. The Hall–Kier alpha value is -3.50. The van der Waals surface area contributed by atoms with Crippen molar-refractivity contribution in [2.24, 2.45) is 17.8 Å². The highest BCUT2D eigenvalue weighted by Crippen LogP contribution is 2.59. The van der Waals surface area contributed by atoms with E-state index in [1.807, 2.05) is 49.1 Å². The Labute approximate surface area is 284 Å². The van der Waals surface area contributed by atoms with Gasteiger partial charge in [0.25, 0.3) is 0 Å². The lowest BCUT2D eigenvalue weighted by molar-refractivity contribution is -0.163. The zero-order valence-corrected chi connectivity index (χ0v) is 28.7. The summed E-state index contributed by atoms with van der Waals surface area (Å²) in [5.41, 5.74) is -0.507. The topological polar surface area (TPSA) is 125 Å². The molecule has 1 aromatic carbocycles. The first-order valence-corrected chi connectivity index (χ1v) is 17.8. The molecule has 2 bridgehead atoms. The molecule has 2 N–H and O–H groups in total. The molecule has 3 saturated heterocycles. The number of carbonyl (C=O) groups excluding carboxylic acids is 4. The molecule has 1 spiro atoms. The van der Waals surface area contributed by atoms with Gasteiger partial charge in [0, 0.05) is 19.0 Å². The van der Waals surface area contributed by atoms with Crippen molar-refractivity contribution in [3.63, 3.8) is 0 Å². The predicted octanol–water partition coefficient (Wildman–Crippen LogP) is 4.48. The molecule has 262 valence electrons. The van der Waals surface area contributed by atoms with Gasteiger partial charge in [-0.2, -0.15) is 0 Å². The Morgan fingerprint density at radius 2 is 1.81 bits per heavy atom. The number of aliphatic hydroxyl groups is 1. The van der Waals surface area contributed by atoms with Crippen molar-refractivity contribution in [2.45, 2.75) is 121 Å². The van der Waals surface area contributed by atoms with E-state index >= 15 is 0 Å². The second-order valence-electron chi connectivity index (χ2n) is 14.3. The summed E-state index contributed by atoms with van der Waals surface area (Å²) in [6, 6.07) is 7.08. The molecular weight excluding hydrogens is 610 g/mol. The van der Waals surface area contributed by atoms with Gasteiger partial charge in [0.1, 0.15) is 17.7 Å². The van der Waals surface area contributed by atoms with Gasteiger partial charge in [-0.1, -0.05) is 75.6 Å². The number of nitrogens with one attached hydrogen (secondary N) is 1. The van der Waals surface area contributed by atoms with Crippen LogP contribution in [0.25, 0.3) is 0 Å². The highest BCUT2D eigenvalue weighted by Gasteiger charge is 2.76. The van der Waals surface area contributed by atoms with E-state index in [0.717, 1.165) is 32.1 Å². The number of hydrogen-bond acceptors (Lipinski definition) is 7. The van der Waals surface area contributed by atoms with Crippen LogP contribution in [0.2, 0.25) is 0 Å². The number of esters is 1. The Bertz CT molecular complexity index is 1340. The highest BCUT2D eigenvalue weighted by atomic mass is 16.6. The van der Waals surface area contributed by atoms with Crippen LogP contribution in [0.5, 0.6) is 0 Å². The number of rotatable bonds is 15. The Balaban J connectivity index is 1.49. The van der Waals surface area contributed by atoms with Gasteiger partial charge in [0.15, 0.2) is 0 Å². The van der Waals surface area contributed by atoms with Crippen molar-refractivity contribution in [3.05, 3.63) is 61.2 Å². The fourth-order valence-corrected chi connectivity index (χ4v) is 8.66. The van der Waals surface area contributed by atoms with Crippen LogP contribution in [-0.4, -0.2) is 87.6 Å². The lowest BCUT2D eigenvalue weighted by atomic mass is 9.70. The van der Waals surface area contributed by atoms with Crippen LogP contribution in [0.3, 0.4) is 0 Å². The fraction of sp³-hybridized carbons (Fsp3) is 0.632. The summed E-state index contributed by atoms with van der Waals surface area (Å²) in [6.45, 7) is 13.3. The third-order valence-electron chi connectivity index (χ3n) is 11.0. The Morgan fingerprint density at radius 1 is 1.10 bits per heavy atom. The van der Waals surface area contributed by atoms with Gasteiger partial charge in [-0.05, 0) is 50.5 Å². The number of aliphatic hydroxyl groups excluding tert-OH is 1. The molecule has 48 heavy (non-hydrogen) atoms. The van der Waals surface area contributed by atoms with Crippen LogP contribution >= 0.6 is 0 Å². The number of amides is 3. The van der Waals surface area contributed by atoms with Crippen molar-refractivity contribution in [1.29, 1.82) is 0 Å². The summed E-state index contributed by atoms with van der Waals surface area (Å²) < 4.78 is 13.0. The van der Waals surface area contributed by atoms with Gasteiger partial charge in [-0.15, -0.1) is 13.2 Å². The summed E-state index contributed by atoms with van der Waals surface area (Å²) in [7, 11) is 0.